The highest BCUT2D eigenvalue weighted by Crippen LogP contribution is 2.60. The summed E-state index contributed by atoms with van der Waals surface area (Å²) < 4.78 is 58.8. The topological polar surface area (TPSA) is 116 Å². The minimum absolute atomic E-state index is 0.000342. The molecule has 0 spiro atoms. The van der Waals surface area contributed by atoms with Crippen LogP contribution in [0.25, 0.3) is 11.3 Å². The number of hydrogen-bond donors (Lipinski definition) is 1. The number of nitriles is 1. The Morgan fingerprint density at radius 3 is 2.50 bits per heavy atom. The lowest BCUT2D eigenvalue weighted by atomic mass is 9.84. The lowest BCUT2D eigenvalue weighted by Gasteiger charge is -2.27. The van der Waals surface area contributed by atoms with Crippen molar-refractivity contribution in [1.82, 2.24) is 14.7 Å². The van der Waals surface area contributed by atoms with Gasteiger partial charge in [0, 0.05) is 36.6 Å². The molecule has 1 saturated heterocycles. The molecule has 13 heteroatoms. The van der Waals surface area contributed by atoms with E-state index < -0.39 is 35.2 Å². The molecule has 1 N–H and O–H groups in total. The molecule has 1 saturated carbocycles. The molecular weight excluding hydrogens is 604 g/mol. The molecule has 1 amide bonds. The number of hydrogen-bond acceptors (Lipinski definition) is 5. The lowest BCUT2D eigenvalue weighted by Crippen LogP contribution is -2.38. The summed E-state index contributed by atoms with van der Waals surface area (Å²) >= 11 is 6.40. The Hall–Kier alpha value is -4.24. The van der Waals surface area contributed by atoms with Crippen LogP contribution < -0.4 is 0 Å². The zero-order valence-corrected chi connectivity index (χ0v) is 23.9. The Balaban J connectivity index is 1.47. The minimum Gasteiger partial charge on any atom is -0.478 e. The van der Waals surface area contributed by atoms with E-state index >= 15 is 4.39 Å². The number of nitrogens with zero attached hydrogens (tertiary/aromatic N) is 4. The van der Waals surface area contributed by atoms with Gasteiger partial charge >= 0.3 is 12.1 Å². The number of likely N-dealkylation sites (tertiary alicyclic amines) is 1. The molecule has 2 heterocycles. The van der Waals surface area contributed by atoms with Crippen LogP contribution >= 0.6 is 11.6 Å². The number of alkyl halides is 3. The number of carbonyl (C=O) groups excluding carboxylic acids is 2. The second kappa shape index (κ2) is 10.7. The molecule has 1 aliphatic heterocycles. The van der Waals surface area contributed by atoms with E-state index in [1.807, 2.05) is 0 Å². The Bertz CT molecular complexity index is 1760. The van der Waals surface area contributed by atoms with Crippen LogP contribution in [-0.4, -0.2) is 56.8 Å². The molecule has 2 atom stereocenters. The summed E-state index contributed by atoms with van der Waals surface area (Å²) in [7, 11) is 0. The second-order valence-corrected chi connectivity index (χ2v) is 12.0. The van der Waals surface area contributed by atoms with Crippen LogP contribution in [0.15, 0.2) is 36.4 Å². The Labute approximate surface area is 253 Å². The summed E-state index contributed by atoms with van der Waals surface area (Å²) in [5, 5.41) is 22.7. The SMILES string of the molecule is N#CC1CCN(C(=O)C2CCc3c(-c4ccc(C(=O)O)cc4F)nn(C(=O)c4c(Cl)cccc4C4(C(F)(F)F)CC4)c3C2)C1. The van der Waals surface area contributed by atoms with E-state index in [9.17, 15) is 37.9 Å². The third-order valence-corrected chi connectivity index (χ3v) is 9.32. The standard InChI is InChI=1S/C31H25ClF4N4O4/c32-22-3-1-2-21(30(9-10-30)31(34,35)36)25(22)28(42)40-24-13-17(27(41)39-11-8-16(14-37)15-39)4-7-20(24)26(38-40)19-6-5-18(29(43)44)12-23(19)33/h1-3,5-6,12,16-17H,4,7-11,13,15H2,(H,43,44). The molecule has 228 valence electrons. The van der Waals surface area contributed by atoms with Gasteiger partial charge < -0.3 is 10.0 Å². The molecule has 6 rings (SSSR count). The van der Waals surface area contributed by atoms with E-state index in [4.69, 9.17) is 11.6 Å². The largest absolute Gasteiger partial charge is 0.478 e. The van der Waals surface area contributed by atoms with Crippen LogP contribution in [0.5, 0.6) is 0 Å². The first-order chi connectivity index (χ1) is 20.9. The Morgan fingerprint density at radius 1 is 1.14 bits per heavy atom. The summed E-state index contributed by atoms with van der Waals surface area (Å²) in [4.78, 5) is 40.6. The zero-order valence-electron chi connectivity index (χ0n) is 23.1. The van der Waals surface area contributed by atoms with Crippen LogP contribution in [-0.2, 0) is 23.1 Å². The fourth-order valence-corrected chi connectivity index (χ4v) is 6.70. The van der Waals surface area contributed by atoms with Crippen LogP contribution in [0.3, 0.4) is 0 Å². The van der Waals surface area contributed by atoms with Crippen LogP contribution in [0, 0.1) is 29.0 Å². The maximum atomic E-state index is 15.3. The number of carboxylic acid groups (broad SMARTS) is 1. The maximum Gasteiger partial charge on any atom is 0.398 e. The third-order valence-electron chi connectivity index (χ3n) is 9.00. The van der Waals surface area contributed by atoms with Gasteiger partial charge in [0.2, 0.25) is 5.91 Å². The van der Waals surface area contributed by atoms with Crippen LogP contribution in [0.1, 0.15) is 63.2 Å². The predicted molar refractivity (Wildman–Crippen MR) is 149 cm³/mol. The molecule has 0 radical (unpaired) electrons. The van der Waals surface area contributed by atoms with Crippen molar-refractivity contribution in [3.8, 4) is 17.3 Å². The smallest absolute Gasteiger partial charge is 0.398 e. The first-order valence-electron chi connectivity index (χ1n) is 14.1. The number of carboxylic acids is 1. The molecule has 2 fully saturated rings. The van der Waals surface area contributed by atoms with Gasteiger partial charge in [0.15, 0.2) is 0 Å². The molecule has 3 aromatic rings. The number of carbonyl (C=O) groups is 3. The molecule has 2 unspecified atom stereocenters. The number of amides is 1. The summed E-state index contributed by atoms with van der Waals surface area (Å²) in [5.41, 5.74) is -2.55. The van der Waals surface area contributed by atoms with Crippen molar-refractivity contribution < 1.29 is 37.1 Å². The lowest BCUT2D eigenvalue weighted by molar-refractivity contribution is -0.160. The van der Waals surface area contributed by atoms with E-state index in [0.29, 0.717) is 24.9 Å². The van der Waals surface area contributed by atoms with Crippen molar-refractivity contribution in [3.63, 3.8) is 0 Å². The normalized spacial score (nSPS) is 20.6. The fourth-order valence-electron chi connectivity index (χ4n) is 6.45. The van der Waals surface area contributed by atoms with E-state index in [-0.39, 0.29) is 82.7 Å². The summed E-state index contributed by atoms with van der Waals surface area (Å²) in [6, 6.07) is 9.30. The molecule has 8 nitrogen and oxygen atoms in total. The molecular formula is C31H25ClF4N4O4. The van der Waals surface area contributed by atoms with Crippen LogP contribution in [0.4, 0.5) is 17.6 Å². The van der Waals surface area contributed by atoms with Crippen molar-refractivity contribution in [2.75, 3.05) is 13.1 Å². The number of benzene rings is 2. The average Bonchev–Trinajstić information content (AvgIpc) is 3.54. The maximum absolute atomic E-state index is 15.3. The van der Waals surface area contributed by atoms with Gasteiger partial charge in [-0.25, -0.2) is 9.18 Å². The number of rotatable bonds is 5. The summed E-state index contributed by atoms with van der Waals surface area (Å²) in [5.74, 6) is -4.29. The monoisotopic (exact) mass is 628 g/mol. The first kappa shape index (κ1) is 29.8. The predicted octanol–water partition coefficient (Wildman–Crippen LogP) is 5.80. The van der Waals surface area contributed by atoms with Gasteiger partial charge in [0.25, 0.3) is 5.91 Å². The van der Waals surface area contributed by atoms with Gasteiger partial charge in [-0.2, -0.15) is 28.2 Å². The van der Waals surface area contributed by atoms with Gasteiger partial charge in [-0.1, -0.05) is 23.7 Å². The highest BCUT2D eigenvalue weighted by molar-refractivity contribution is 6.34. The van der Waals surface area contributed by atoms with E-state index in [2.05, 4.69) is 11.2 Å². The van der Waals surface area contributed by atoms with Gasteiger partial charge in [-0.05, 0) is 61.9 Å². The number of fused-ring (bicyclic) bond motifs is 1. The molecule has 1 aromatic heterocycles. The molecule has 0 bridgehead atoms. The third kappa shape index (κ3) is 4.83. The van der Waals surface area contributed by atoms with Crippen LogP contribution in [0.2, 0.25) is 5.02 Å². The molecule has 3 aliphatic rings. The molecule has 2 aliphatic carbocycles. The minimum atomic E-state index is -4.63. The van der Waals surface area contributed by atoms with Gasteiger partial charge in [0.1, 0.15) is 5.82 Å². The van der Waals surface area contributed by atoms with Crippen molar-refractivity contribution in [3.05, 3.63) is 75.2 Å². The second-order valence-electron chi connectivity index (χ2n) is 11.6. The van der Waals surface area contributed by atoms with Crippen molar-refractivity contribution in [2.24, 2.45) is 11.8 Å². The average molecular weight is 629 g/mol. The van der Waals surface area contributed by atoms with Gasteiger partial charge in [-0.3, -0.25) is 9.59 Å². The zero-order chi connectivity index (χ0) is 31.6. The van der Waals surface area contributed by atoms with E-state index in [1.165, 1.54) is 30.3 Å². The van der Waals surface area contributed by atoms with Crippen molar-refractivity contribution in [2.45, 2.75) is 50.1 Å². The fraction of sp³-hybridized carbons (Fsp3) is 0.387. The molecule has 2 aromatic carbocycles. The quantitative estimate of drug-likeness (QED) is 0.357. The van der Waals surface area contributed by atoms with Crippen molar-refractivity contribution in [1.29, 1.82) is 5.26 Å². The highest BCUT2D eigenvalue weighted by Gasteiger charge is 2.65. The Morgan fingerprint density at radius 2 is 1.89 bits per heavy atom. The number of halogens is 5. The summed E-state index contributed by atoms with van der Waals surface area (Å²) in [6.45, 7) is 0.694. The first-order valence-corrected chi connectivity index (χ1v) is 14.5. The number of aromatic carboxylic acids is 1. The Kier molecular flexibility index (Phi) is 7.27. The van der Waals surface area contributed by atoms with E-state index in [1.54, 1.807) is 4.90 Å². The van der Waals surface area contributed by atoms with Gasteiger partial charge in [0.05, 0.1) is 44.9 Å². The number of aromatic nitrogens is 2. The van der Waals surface area contributed by atoms with Gasteiger partial charge in [-0.15, -0.1) is 0 Å². The van der Waals surface area contributed by atoms with Crippen molar-refractivity contribution >= 4 is 29.4 Å². The summed E-state index contributed by atoms with van der Waals surface area (Å²) in [6.07, 6.45) is -3.98. The molecule has 44 heavy (non-hydrogen) atoms. The highest BCUT2D eigenvalue weighted by atomic mass is 35.5. The van der Waals surface area contributed by atoms with E-state index in [0.717, 1.165) is 10.7 Å².